The average molecular weight is 651 g/mol. The van der Waals surface area contributed by atoms with Crippen LogP contribution in [0.4, 0.5) is 0 Å². The zero-order valence-corrected chi connectivity index (χ0v) is 28.6. The van der Waals surface area contributed by atoms with Crippen molar-refractivity contribution in [2.45, 2.75) is 72.8 Å². The number of fused-ring (bicyclic) bond motifs is 5. The Morgan fingerprint density at radius 3 is 2.42 bits per heavy atom. The van der Waals surface area contributed by atoms with Gasteiger partial charge in [0.1, 0.15) is 5.76 Å². The zero-order valence-electron chi connectivity index (χ0n) is 28.6. The number of rotatable bonds is 8. The summed E-state index contributed by atoms with van der Waals surface area (Å²) in [5.41, 5.74) is 12.2. The third kappa shape index (κ3) is 5.47. The number of methoxy groups -OCH3 is 2. The Bertz CT molecular complexity index is 1920. The highest BCUT2D eigenvalue weighted by Crippen LogP contribution is 2.46. The maximum atomic E-state index is 12.3. The lowest BCUT2D eigenvalue weighted by Crippen LogP contribution is -2.17. The number of nitrogens with zero attached hydrogens (tertiary/aromatic N) is 3. The molecule has 1 saturated heterocycles. The van der Waals surface area contributed by atoms with Gasteiger partial charge in [0, 0.05) is 64.8 Å². The van der Waals surface area contributed by atoms with E-state index in [1.165, 1.54) is 14.2 Å². The van der Waals surface area contributed by atoms with Crippen molar-refractivity contribution in [3.05, 3.63) is 104 Å². The molecule has 0 aromatic heterocycles. The van der Waals surface area contributed by atoms with Gasteiger partial charge in [-0.2, -0.15) is 0 Å². The standard InChI is InChI=1S/C38H42N4O6/c1-9-22-18(3)25-16-30-34(31(43)12-17(2)38(46)48-8)20(5)27(40-30)14-26-19(4)23(10-11-33(45)47-7)36(41-26)24-13-32(44)35-21(6)28(42-37(24)35)15-29(22)39-25/h14-16,19,23,31,41,43-44H,2,9-13H2,1,3-8H3/t19-,23-,31?/m0/s1. The van der Waals surface area contributed by atoms with Crippen LogP contribution in [0.15, 0.2) is 119 Å². The second-order valence-electron chi connectivity index (χ2n) is 13.0. The molecule has 8 bridgehead atoms. The number of aliphatic hydroxyl groups excluding tert-OH is 2. The van der Waals surface area contributed by atoms with Crippen LogP contribution in [-0.4, -0.2) is 59.6 Å². The molecule has 1 aliphatic carbocycles. The van der Waals surface area contributed by atoms with Gasteiger partial charge in [0.25, 0.3) is 0 Å². The minimum Gasteiger partial charge on any atom is -0.511 e. The third-order valence-corrected chi connectivity index (χ3v) is 10.2. The Labute approximate surface area is 280 Å². The SMILES string of the molecule is C=C(CC(O)C1=C(C)C2=NC1=CC1=NC(=CC3=C(C)C4=C(O)CC(=C5NC(=C2)[C@@H](C)[C@@H]5CCC(=O)OC)C4=N3)C(CC)=C1C)C(=O)OC. The number of allylic oxidation sites excluding steroid dienone is 11. The molecule has 1 fully saturated rings. The highest BCUT2D eigenvalue weighted by molar-refractivity contribution is 6.21. The molecule has 0 radical (unpaired) electrons. The van der Waals surface area contributed by atoms with Crippen molar-refractivity contribution in [3.8, 4) is 0 Å². The number of esters is 2. The zero-order chi connectivity index (χ0) is 34.6. The van der Waals surface area contributed by atoms with E-state index in [0.29, 0.717) is 29.8 Å². The molecule has 6 rings (SSSR count). The summed E-state index contributed by atoms with van der Waals surface area (Å²) >= 11 is 0. The Balaban J connectivity index is 1.56. The van der Waals surface area contributed by atoms with Crippen molar-refractivity contribution in [3.63, 3.8) is 0 Å². The van der Waals surface area contributed by atoms with Gasteiger partial charge in [0.15, 0.2) is 0 Å². The molecule has 10 heteroatoms. The first kappa shape index (κ1) is 33.1. The molecule has 5 aliphatic heterocycles. The molecule has 1 unspecified atom stereocenters. The second kappa shape index (κ2) is 12.6. The number of aliphatic imine (C=N–C) groups is 3. The van der Waals surface area contributed by atoms with Crippen LogP contribution in [-0.2, 0) is 19.1 Å². The van der Waals surface area contributed by atoms with Crippen molar-refractivity contribution in [1.29, 1.82) is 0 Å². The van der Waals surface area contributed by atoms with E-state index in [-0.39, 0.29) is 42.0 Å². The molecule has 0 aromatic rings. The number of nitrogens with one attached hydrogen (secondary N) is 1. The highest BCUT2D eigenvalue weighted by atomic mass is 16.5. The van der Waals surface area contributed by atoms with Gasteiger partial charge in [-0.1, -0.05) is 20.4 Å². The molecule has 0 saturated carbocycles. The van der Waals surface area contributed by atoms with E-state index < -0.39 is 12.1 Å². The average Bonchev–Trinajstić information content (AvgIpc) is 3.81. The summed E-state index contributed by atoms with van der Waals surface area (Å²) in [6.07, 6.45) is 6.63. The van der Waals surface area contributed by atoms with Crippen LogP contribution in [0.5, 0.6) is 0 Å². The highest BCUT2D eigenvalue weighted by Gasteiger charge is 2.41. The first-order valence-electron chi connectivity index (χ1n) is 16.4. The van der Waals surface area contributed by atoms with Crippen molar-refractivity contribution >= 4 is 29.1 Å². The summed E-state index contributed by atoms with van der Waals surface area (Å²) in [7, 11) is 2.68. The Morgan fingerprint density at radius 1 is 1.02 bits per heavy atom. The lowest BCUT2D eigenvalue weighted by atomic mass is 9.86. The molecular weight excluding hydrogens is 608 g/mol. The topological polar surface area (TPSA) is 142 Å². The summed E-state index contributed by atoms with van der Waals surface area (Å²) in [6.45, 7) is 13.9. The van der Waals surface area contributed by atoms with Crippen molar-refractivity contribution in [1.82, 2.24) is 5.32 Å². The summed E-state index contributed by atoms with van der Waals surface area (Å²) < 4.78 is 9.82. The number of ether oxygens (including phenoxy) is 2. The molecular formula is C38H42N4O6. The van der Waals surface area contributed by atoms with Crippen LogP contribution in [0, 0.1) is 11.8 Å². The van der Waals surface area contributed by atoms with Crippen LogP contribution < -0.4 is 5.32 Å². The minimum atomic E-state index is -1.07. The lowest BCUT2D eigenvalue weighted by Gasteiger charge is -2.17. The summed E-state index contributed by atoms with van der Waals surface area (Å²) in [5, 5.41) is 26.5. The smallest absolute Gasteiger partial charge is 0.333 e. The van der Waals surface area contributed by atoms with E-state index >= 15 is 0 Å². The number of hydrogen-bond acceptors (Lipinski definition) is 10. The van der Waals surface area contributed by atoms with Gasteiger partial charge in [-0.15, -0.1) is 0 Å². The summed E-state index contributed by atoms with van der Waals surface area (Å²) in [5.74, 6) is -0.699. The molecule has 0 aromatic carbocycles. The molecule has 10 nitrogen and oxygen atoms in total. The van der Waals surface area contributed by atoms with Gasteiger partial charge >= 0.3 is 11.9 Å². The molecule has 0 spiro atoms. The molecule has 6 aliphatic rings. The van der Waals surface area contributed by atoms with Crippen molar-refractivity contribution < 1.29 is 29.3 Å². The number of hydrogen-bond donors (Lipinski definition) is 3. The van der Waals surface area contributed by atoms with Crippen molar-refractivity contribution in [2.75, 3.05) is 14.2 Å². The molecule has 3 N–H and O–H groups in total. The molecule has 250 valence electrons. The monoisotopic (exact) mass is 650 g/mol. The van der Waals surface area contributed by atoms with Gasteiger partial charge < -0.3 is 25.0 Å². The fourth-order valence-electron chi connectivity index (χ4n) is 7.48. The predicted octanol–water partition coefficient (Wildman–Crippen LogP) is 6.09. The van der Waals surface area contributed by atoms with E-state index in [9.17, 15) is 19.8 Å². The van der Waals surface area contributed by atoms with E-state index in [1.807, 2.05) is 39.0 Å². The van der Waals surface area contributed by atoms with Crippen LogP contribution in [0.2, 0.25) is 0 Å². The van der Waals surface area contributed by atoms with E-state index in [4.69, 9.17) is 24.5 Å². The van der Waals surface area contributed by atoms with Gasteiger partial charge in [0.05, 0.1) is 54.5 Å². The minimum absolute atomic E-state index is 0.0183. The van der Waals surface area contributed by atoms with Gasteiger partial charge in [-0.25, -0.2) is 19.8 Å². The Hall–Kier alpha value is -4.83. The van der Waals surface area contributed by atoms with E-state index in [2.05, 4.69) is 25.7 Å². The maximum absolute atomic E-state index is 12.3. The fraction of sp³-hybridized carbons (Fsp3) is 0.395. The number of carbonyl (C=O) groups is 2. The molecule has 3 atom stereocenters. The van der Waals surface area contributed by atoms with E-state index in [1.54, 1.807) is 0 Å². The van der Waals surface area contributed by atoms with Crippen LogP contribution >= 0.6 is 0 Å². The van der Waals surface area contributed by atoms with Crippen LogP contribution in [0.1, 0.15) is 66.7 Å². The first-order chi connectivity index (χ1) is 22.9. The maximum Gasteiger partial charge on any atom is 0.333 e. The number of carbonyl (C=O) groups excluding carboxylic acids is 2. The molecule has 48 heavy (non-hydrogen) atoms. The molecule has 5 heterocycles. The second-order valence-corrected chi connectivity index (χ2v) is 13.0. The first-order valence-corrected chi connectivity index (χ1v) is 16.4. The van der Waals surface area contributed by atoms with Crippen LogP contribution in [0.3, 0.4) is 0 Å². The lowest BCUT2D eigenvalue weighted by molar-refractivity contribution is -0.141. The number of aliphatic hydroxyl groups is 2. The summed E-state index contributed by atoms with van der Waals surface area (Å²) in [4.78, 5) is 39.6. The van der Waals surface area contributed by atoms with Gasteiger partial charge in [0.2, 0.25) is 0 Å². The van der Waals surface area contributed by atoms with Gasteiger partial charge in [-0.05, 0) is 74.1 Å². The fourth-order valence-corrected chi connectivity index (χ4v) is 7.48. The van der Waals surface area contributed by atoms with Gasteiger partial charge in [-0.3, -0.25) is 4.79 Å². The third-order valence-electron chi connectivity index (χ3n) is 10.2. The Kier molecular flexibility index (Phi) is 8.72. The quantitative estimate of drug-likeness (QED) is 0.213. The van der Waals surface area contributed by atoms with Crippen molar-refractivity contribution in [2.24, 2.45) is 26.8 Å². The summed E-state index contributed by atoms with van der Waals surface area (Å²) in [6, 6.07) is 0. The largest absolute Gasteiger partial charge is 0.511 e. The van der Waals surface area contributed by atoms with E-state index in [0.717, 1.165) is 74.1 Å². The predicted molar refractivity (Wildman–Crippen MR) is 185 cm³/mol. The molecule has 0 amide bonds. The normalized spacial score (nSPS) is 23.6. The Morgan fingerprint density at radius 2 is 1.73 bits per heavy atom. The van der Waals surface area contributed by atoms with Crippen LogP contribution in [0.25, 0.3) is 0 Å².